The Morgan fingerprint density at radius 1 is 1.35 bits per heavy atom. The van der Waals surface area contributed by atoms with Crippen LogP contribution >= 0.6 is 0 Å². The highest BCUT2D eigenvalue weighted by Gasteiger charge is 2.19. The quantitative estimate of drug-likeness (QED) is 0.872. The van der Waals surface area contributed by atoms with E-state index in [4.69, 9.17) is 4.74 Å². The van der Waals surface area contributed by atoms with Gasteiger partial charge in [-0.1, -0.05) is 18.2 Å². The lowest BCUT2D eigenvalue weighted by Gasteiger charge is -2.11. The minimum atomic E-state index is -1.05. The number of para-hydroxylation sites is 1. The van der Waals surface area contributed by atoms with Gasteiger partial charge in [0.05, 0.1) is 12.7 Å². The van der Waals surface area contributed by atoms with Gasteiger partial charge in [0, 0.05) is 6.54 Å². The van der Waals surface area contributed by atoms with Crippen molar-refractivity contribution < 1.29 is 14.6 Å². The van der Waals surface area contributed by atoms with E-state index < -0.39 is 5.97 Å². The number of likely N-dealkylation sites (N-methyl/N-ethyl adjacent to an activating group) is 1. The molecule has 0 bridgehead atoms. The Labute approximate surface area is 117 Å². The molecule has 20 heavy (non-hydrogen) atoms. The molecule has 1 aromatic carbocycles. The van der Waals surface area contributed by atoms with Crippen LogP contribution < -0.4 is 4.74 Å². The summed E-state index contributed by atoms with van der Waals surface area (Å²) >= 11 is 0. The highest BCUT2D eigenvalue weighted by molar-refractivity contribution is 5.88. The molecule has 0 aliphatic carbocycles. The topological polar surface area (TPSA) is 67.6 Å². The van der Waals surface area contributed by atoms with E-state index in [1.807, 2.05) is 37.2 Å². The van der Waals surface area contributed by atoms with Crippen molar-refractivity contribution in [2.45, 2.75) is 6.54 Å². The Morgan fingerprint density at radius 3 is 2.65 bits per heavy atom. The van der Waals surface area contributed by atoms with Crippen molar-refractivity contribution in [2.75, 3.05) is 20.6 Å². The predicted molar refractivity (Wildman–Crippen MR) is 74.3 cm³/mol. The third kappa shape index (κ3) is 3.36. The fourth-order valence-electron chi connectivity index (χ4n) is 1.74. The monoisotopic (exact) mass is 275 g/mol. The first kappa shape index (κ1) is 14.1. The number of ether oxygens (including phenoxy) is 1. The summed E-state index contributed by atoms with van der Waals surface area (Å²) in [6, 6.07) is 9.05. The third-order valence-corrected chi connectivity index (χ3v) is 2.74. The molecule has 0 spiro atoms. The van der Waals surface area contributed by atoms with Gasteiger partial charge >= 0.3 is 5.97 Å². The van der Waals surface area contributed by atoms with Crippen molar-refractivity contribution in [3.05, 3.63) is 42.2 Å². The number of carboxylic acids is 1. The van der Waals surface area contributed by atoms with Crippen LogP contribution in [0.2, 0.25) is 0 Å². The maximum Gasteiger partial charge on any atom is 0.358 e. The first-order chi connectivity index (χ1) is 9.58. The van der Waals surface area contributed by atoms with Crippen molar-refractivity contribution in [1.82, 2.24) is 14.7 Å². The van der Waals surface area contributed by atoms with Gasteiger partial charge in [0.1, 0.15) is 5.75 Å². The average Bonchev–Trinajstić information content (AvgIpc) is 2.80. The molecule has 1 heterocycles. The molecule has 0 saturated carbocycles. The van der Waals surface area contributed by atoms with E-state index in [0.29, 0.717) is 18.8 Å². The van der Waals surface area contributed by atoms with Gasteiger partial charge in [-0.15, -0.1) is 0 Å². The maximum absolute atomic E-state index is 11.4. The van der Waals surface area contributed by atoms with Crippen molar-refractivity contribution in [3.8, 4) is 11.5 Å². The lowest BCUT2D eigenvalue weighted by Crippen LogP contribution is -2.21. The van der Waals surface area contributed by atoms with E-state index >= 15 is 0 Å². The Morgan fingerprint density at radius 2 is 2.05 bits per heavy atom. The zero-order valence-corrected chi connectivity index (χ0v) is 11.5. The SMILES string of the molecule is CN(C)CCn1ncc(Oc2ccccc2)c1C(=O)O. The standard InChI is InChI=1S/C14H17N3O3/c1-16(2)8-9-17-13(14(18)19)12(10-15-17)20-11-6-4-3-5-7-11/h3-7,10H,8-9H2,1-2H3,(H,18,19). The van der Waals surface area contributed by atoms with Crippen molar-refractivity contribution >= 4 is 5.97 Å². The summed E-state index contributed by atoms with van der Waals surface area (Å²) in [6.45, 7) is 1.19. The molecule has 106 valence electrons. The van der Waals surface area contributed by atoms with E-state index in [0.717, 1.165) is 0 Å². The number of aromatic nitrogens is 2. The van der Waals surface area contributed by atoms with Gasteiger partial charge < -0.3 is 14.7 Å². The number of rotatable bonds is 6. The number of benzene rings is 1. The average molecular weight is 275 g/mol. The molecule has 0 fully saturated rings. The van der Waals surface area contributed by atoms with Crippen LogP contribution in [0.3, 0.4) is 0 Å². The number of hydrogen-bond donors (Lipinski definition) is 1. The summed E-state index contributed by atoms with van der Waals surface area (Å²) < 4.78 is 7.03. The Hall–Kier alpha value is -2.34. The van der Waals surface area contributed by atoms with E-state index in [-0.39, 0.29) is 11.4 Å². The Bertz CT molecular complexity index is 579. The van der Waals surface area contributed by atoms with Gasteiger partial charge in [-0.05, 0) is 26.2 Å². The molecule has 6 nitrogen and oxygen atoms in total. The summed E-state index contributed by atoms with van der Waals surface area (Å²) in [4.78, 5) is 13.3. The fraction of sp³-hybridized carbons (Fsp3) is 0.286. The Balaban J connectivity index is 2.23. The zero-order valence-electron chi connectivity index (χ0n) is 11.5. The predicted octanol–water partition coefficient (Wildman–Crippen LogP) is 1.94. The summed E-state index contributed by atoms with van der Waals surface area (Å²) in [5, 5.41) is 13.4. The van der Waals surface area contributed by atoms with Crippen LogP contribution in [0.15, 0.2) is 36.5 Å². The number of hydrogen-bond acceptors (Lipinski definition) is 4. The van der Waals surface area contributed by atoms with Gasteiger partial charge in [-0.3, -0.25) is 4.68 Å². The molecule has 2 rings (SSSR count). The molecule has 1 N–H and O–H groups in total. The molecule has 0 atom stereocenters. The normalized spacial score (nSPS) is 10.8. The second-order valence-corrected chi connectivity index (χ2v) is 4.60. The van der Waals surface area contributed by atoms with E-state index in [1.165, 1.54) is 10.9 Å². The molecular formula is C14H17N3O3. The summed E-state index contributed by atoms with van der Waals surface area (Å²) in [6.07, 6.45) is 1.44. The van der Waals surface area contributed by atoms with Crippen LogP contribution in [0.4, 0.5) is 0 Å². The van der Waals surface area contributed by atoms with Crippen LogP contribution in [-0.4, -0.2) is 46.4 Å². The highest BCUT2D eigenvalue weighted by Crippen LogP contribution is 2.25. The van der Waals surface area contributed by atoms with Gasteiger partial charge in [0.2, 0.25) is 0 Å². The van der Waals surface area contributed by atoms with E-state index in [1.54, 1.807) is 12.1 Å². The van der Waals surface area contributed by atoms with Crippen molar-refractivity contribution in [1.29, 1.82) is 0 Å². The second-order valence-electron chi connectivity index (χ2n) is 4.60. The molecule has 6 heteroatoms. The van der Waals surface area contributed by atoms with Crippen molar-refractivity contribution in [3.63, 3.8) is 0 Å². The van der Waals surface area contributed by atoms with Crippen LogP contribution in [0.1, 0.15) is 10.5 Å². The number of nitrogens with zero attached hydrogens (tertiary/aromatic N) is 3. The van der Waals surface area contributed by atoms with Gasteiger partial charge in [-0.25, -0.2) is 4.79 Å². The second kappa shape index (κ2) is 6.21. The molecule has 0 unspecified atom stereocenters. The minimum absolute atomic E-state index is 0.0655. The molecule has 2 aromatic rings. The summed E-state index contributed by atoms with van der Waals surface area (Å²) in [5.41, 5.74) is 0.0655. The maximum atomic E-state index is 11.4. The number of carboxylic acid groups (broad SMARTS) is 1. The van der Waals surface area contributed by atoms with Crippen LogP contribution in [0.5, 0.6) is 11.5 Å². The molecule has 0 radical (unpaired) electrons. The van der Waals surface area contributed by atoms with Gasteiger partial charge in [-0.2, -0.15) is 5.10 Å². The molecule has 0 aliphatic heterocycles. The lowest BCUT2D eigenvalue weighted by molar-refractivity contribution is 0.0679. The first-order valence-electron chi connectivity index (χ1n) is 6.24. The van der Waals surface area contributed by atoms with Gasteiger partial charge in [0.15, 0.2) is 11.4 Å². The van der Waals surface area contributed by atoms with Crippen LogP contribution in [0, 0.1) is 0 Å². The molecule has 0 aliphatic rings. The molecule has 0 amide bonds. The van der Waals surface area contributed by atoms with Crippen LogP contribution in [-0.2, 0) is 6.54 Å². The van der Waals surface area contributed by atoms with Crippen molar-refractivity contribution in [2.24, 2.45) is 0 Å². The molecule has 0 saturated heterocycles. The summed E-state index contributed by atoms with van der Waals surface area (Å²) in [7, 11) is 3.84. The lowest BCUT2D eigenvalue weighted by atomic mass is 10.3. The summed E-state index contributed by atoms with van der Waals surface area (Å²) in [5.74, 6) is -0.211. The number of carbonyl (C=O) groups is 1. The largest absolute Gasteiger partial charge is 0.476 e. The van der Waals surface area contributed by atoms with E-state index in [2.05, 4.69) is 5.10 Å². The van der Waals surface area contributed by atoms with Crippen LogP contribution in [0.25, 0.3) is 0 Å². The third-order valence-electron chi connectivity index (χ3n) is 2.74. The highest BCUT2D eigenvalue weighted by atomic mass is 16.5. The van der Waals surface area contributed by atoms with Gasteiger partial charge in [0.25, 0.3) is 0 Å². The fourth-order valence-corrected chi connectivity index (χ4v) is 1.74. The zero-order chi connectivity index (χ0) is 14.5. The van der Waals surface area contributed by atoms with E-state index in [9.17, 15) is 9.90 Å². The molecular weight excluding hydrogens is 258 g/mol. The molecule has 1 aromatic heterocycles. The number of aromatic carboxylic acids is 1. The first-order valence-corrected chi connectivity index (χ1v) is 6.24. The minimum Gasteiger partial charge on any atom is -0.476 e. The smallest absolute Gasteiger partial charge is 0.358 e. The Kier molecular flexibility index (Phi) is 4.37.